The summed E-state index contributed by atoms with van der Waals surface area (Å²) in [4.78, 5) is 11.3. The van der Waals surface area contributed by atoms with Crippen LogP contribution >= 0.6 is 0 Å². The van der Waals surface area contributed by atoms with Gasteiger partial charge in [-0.1, -0.05) is 37.6 Å². The number of carboxylic acid groups (broad SMARTS) is 1. The first-order valence-electron chi connectivity index (χ1n) is 5.90. The molecule has 0 radical (unpaired) electrons. The van der Waals surface area contributed by atoms with Crippen molar-refractivity contribution in [2.24, 2.45) is 17.6 Å². The van der Waals surface area contributed by atoms with Crippen molar-refractivity contribution in [2.75, 3.05) is 0 Å². The van der Waals surface area contributed by atoms with Gasteiger partial charge in [0.2, 0.25) is 0 Å². The first-order chi connectivity index (χ1) is 7.84. The van der Waals surface area contributed by atoms with Crippen molar-refractivity contribution < 1.29 is 9.90 Å². The van der Waals surface area contributed by atoms with Crippen molar-refractivity contribution >= 4 is 5.97 Å². The van der Waals surface area contributed by atoms with E-state index in [1.807, 2.05) is 45.9 Å². The fraction of sp³-hybridized carbons (Fsp3) is 0.500. The number of rotatable bonds is 4. The lowest BCUT2D eigenvalue weighted by Gasteiger charge is -2.25. The van der Waals surface area contributed by atoms with Crippen molar-refractivity contribution in [3.63, 3.8) is 0 Å². The number of aryl methyl sites for hydroxylation is 2. The highest BCUT2D eigenvalue weighted by molar-refractivity contribution is 5.71. The van der Waals surface area contributed by atoms with E-state index in [4.69, 9.17) is 5.73 Å². The van der Waals surface area contributed by atoms with Gasteiger partial charge in [0.25, 0.3) is 0 Å². The lowest BCUT2D eigenvalue weighted by molar-refractivity contribution is -0.144. The van der Waals surface area contributed by atoms with Crippen LogP contribution in [-0.2, 0) is 4.79 Å². The summed E-state index contributed by atoms with van der Waals surface area (Å²) >= 11 is 0. The zero-order chi connectivity index (χ0) is 13.2. The molecule has 0 amide bonds. The van der Waals surface area contributed by atoms with Gasteiger partial charge in [-0.25, -0.2) is 0 Å². The van der Waals surface area contributed by atoms with Gasteiger partial charge >= 0.3 is 5.97 Å². The Balaban J connectivity index is 3.13. The Kier molecular flexibility index (Phi) is 4.29. The standard InChI is InChI=1S/C14H21NO2/c1-8(2)12(14(16)17)13(15)11-7-9(3)5-6-10(11)4/h5-8,12-13H,15H2,1-4H3,(H,16,17). The molecule has 3 nitrogen and oxygen atoms in total. The molecule has 2 atom stereocenters. The van der Waals surface area contributed by atoms with Gasteiger partial charge < -0.3 is 10.8 Å². The molecule has 3 N–H and O–H groups in total. The van der Waals surface area contributed by atoms with E-state index in [2.05, 4.69) is 0 Å². The highest BCUT2D eigenvalue weighted by Gasteiger charge is 2.30. The van der Waals surface area contributed by atoms with Crippen molar-refractivity contribution in [3.8, 4) is 0 Å². The second kappa shape index (κ2) is 5.32. The van der Waals surface area contributed by atoms with Crippen LogP contribution in [-0.4, -0.2) is 11.1 Å². The van der Waals surface area contributed by atoms with E-state index in [0.29, 0.717) is 0 Å². The zero-order valence-corrected chi connectivity index (χ0v) is 10.9. The Morgan fingerprint density at radius 2 is 1.88 bits per heavy atom. The third kappa shape index (κ3) is 3.07. The molecular formula is C14H21NO2. The lowest BCUT2D eigenvalue weighted by Crippen LogP contribution is -2.32. The molecule has 2 unspecified atom stereocenters. The molecule has 0 aliphatic rings. The number of hydrogen-bond acceptors (Lipinski definition) is 2. The third-order valence-electron chi connectivity index (χ3n) is 3.18. The largest absolute Gasteiger partial charge is 0.481 e. The summed E-state index contributed by atoms with van der Waals surface area (Å²) in [6.07, 6.45) is 0. The quantitative estimate of drug-likeness (QED) is 0.843. The number of carbonyl (C=O) groups is 1. The molecule has 1 aromatic carbocycles. The summed E-state index contributed by atoms with van der Waals surface area (Å²) in [6, 6.07) is 5.53. The summed E-state index contributed by atoms with van der Waals surface area (Å²) in [7, 11) is 0. The molecular weight excluding hydrogens is 214 g/mol. The second-order valence-electron chi connectivity index (χ2n) is 4.99. The predicted molar refractivity (Wildman–Crippen MR) is 68.8 cm³/mol. The first kappa shape index (κ1) is 13.7. The topological polar surface area (TPSA) is 63.3 Å². The van der Waals surface area contributed by atoms with E-state index in [1.54, 1.807) is 0 Å². The van der Waals surface area contributed by atoms with Crippen LogP contribution in [0, 0.1) is 25.7 Å². The van der Waals surface area contributed by atoms with Crippen molar-refractivity contribution in [2.45, 2.75) is 33.7 Å². The number of hydrogen-bond donors (Lipinski definition) is 2. The van der Waals surface area contributed by atoms with Crippen LogP contribution in [0.4, 0.5) is 0 Å². The molecule has 17 heavy (non-hydrogen) atoms. The van der Waals surface area contributed by atoms with E-state index < -0.39 is 17.9 Å². The van der Waals surface area contributed by atoms with Crippen molar-refractivity contribution in [3.05, 3.63) is 34.9 Å². The summed E-state index contributed by atoms with van der Waals surface area (Å²) in [5.74, 6) is -1.36. The van der Waals surface area contributed by atoms with Gasteiger partial charge in [0, 0.05) is 6.04 Å². The number of benzene rings is 1. The molecule has 0 heterocycles. The number of nitrogens with two attached hydrogens (primary N) is 1. The van der Waals surface area contributed by atoms with Gasteiger partial charge in [0.1, 0.15) is 0 Å². The van der Waals surface area contributed by atoms with E-state index >= 15 is 0 Å². The molecule has 0 fully saturated rings. The summed E-state index contributed by atoms with van der Waals surface area (Å²) in [5, 5.41) is 9.26. The van der Waals surface area contributed by atoms with Crippen LogP contribution < -0.4 is 5.73 Å². The first-order valence-corrected chi connectivity index (χ1v) is 5.90. The second-order valence-corrected chi connectivity index (χ2v) is 4.99. The Morgan fingerprint density at radius 3 is 2.35 bits per heavy atom. The molecule has 0 saturated heterocycles. The lowest BCUT2D eigenvalue weighted by atomic mass is 9.83. The zero-order valence-electron chi connectivity index (χ0n) is 10.9. The van der Waals surface area contributed by atoms with Gasteiger partial charge in [-0.05, 0) is 30.9 Å². The van der Waals surface area contributed by atoms with Crippen LogP contribution in [0.3, 0.4) is 0 Å². The molecule has 0 spiro atoms. The van der Waals surface area contributed by atoms with Crippen LogP contribution in [0.1, 0.15) is 36.6 Å². The average molecular weight is 235 g/mol. The number of aliphatic carboxylic acids is 1. The molecule has 1 aromatic rings. The third-order valence-corrected chi connectivity index (χ3v) is 3.18. The molecule has 0 aliphatic carbocycles. The van der Waals surface area contributed by atoms with Gasteiger partial charge in [-0.3, -0.25) is 4.79 Å². The highest BCUT2D eigenvalue weighted by Crippen LogP contribution is 2.28. The predicted octanol–water partition coefficient (Wildman–Crippen LogP) is 2.66. The minimum atomic E-state index is -0.826. The van der Waals surface area contributed by atoms with Gasteiger partial charge in [0.15, 0.2) is 0 Å². The van der Waals surface area contributed by atoms with Crippen LogP contribution in [0.2, 0.25) is 0 Å². The smallest absolute Gasteiger partial charge is 0.308 e. The Labute approximate surface area is 103 Å². The summed E-state index contributed by atoms with van der Waals surface area (Å²) in [6.45, 7) is 7.74. The van der Waals surface area contributed by atoms with Crippen molar-refractivity contribution in [1.29, 1.82) is 0 Å². The summed E-state index contributed by atoms with van der Waals surface area (Å²) in [5.41, 5.74) is 9.22. The molecule has 0 aliphatic heterocycles. The van der Waals surface area contributed by atoms with E-state index in [9.17, 15) is 9.90 Å². The fourth-order valence-corrected chi connectivity index (χ4v) is 2.17. The molecule has 1 rings (SSSR count). The van der Waals surface area contributed by atoms with Crippen LogP contribution in [0.5, 0.6) is 0 Å². The molecule has 3 heteroatoms. The SMILES string of the molecule is Cc1ccc(C)c(C(N)C(C(=O)O)C(C)C)c1. The maximum absolute atomic E-state index is 11.3. The van der Waals surface area contributed by atoms with E-state index in [0.717, 1.165) is 16.7 Å². The Hall–Kier alpha value is -1.35. The maximum Gasteiger partial charge on any atom is 0.308 e. The van der Waals surface area contributed by atoms with Crippen molar-refractivity contribution in [1.82, 2.24) is 0 Å². The van der Waals surface area contributed by atoms with Crippen LogP contribution in [0.15, 0.2) is 18.2 Å². The van der Waals surface area contributed by atoms with E-state index in [1.165, 1.54) is 0 Å². The Bertz CT molecular complexity index is 413. The maximum atomic E-state index is 11.3. The van der Waals surface area contributed by atoms with E-state index in [-0.39, 0.29) is 5.92 Å². The molecule has 0 aromatic heterocycles. The minimum Gasteiger partial charge on any atom is -0.481 e. The summed E-state index contributed by atoms with van der Waals surface area (Å²) < 4.78 is 0. The normalized spacial score (nSPS) is 14.7. The van der Waals surface area contributed by atoms with Crippen LogP contribution in [0.25, 0.3) is 0 Å². The highest BCUT2D eigenvalue weighted by atomic mass is 16.4. The van der Waals surface area contributed by atoms with Gasteiger partial charge in [0.05, 0.1) is 5.92 Å². The fourth-order valence-electron chi connectivity index (χ4n) is 2.17. The Morgan fingerprint density at radius 1 is 1.29 bits per heavy atom. The molecule has 94 valence electrons. The van der Waals surface area contributed by atoms with Gasteiger partial charge in [-0.2, -0.15) is 0 Å². The van der Waals surface area contributed by atoms with Gasteiger partial charge in [-0.15, -0.1) is 0 Å². The molecule has 0 bridgehead atoms. The average Bonchev–Trinajstić information content (AvgIpc) is 2.20. The number of carboxylic acids is 1. The molecule has 0 saturated carbocycles. The minimum absolute atomic E-state index is 0.0161. The monoisotopic (exact) mass is 235 g/mol.